The highest BCUT2D eigenvalue weighted by molar-refractivity contribution is 7.83. The highest BCUT2D eigenvalue weighted by Crippen LogP contribution is 2.39. The molecule has 1 amide bonds. The lowest BCUT2D eigenvalue weighted by Crippen LogP contribution is -2.38. The molecule has 0 aliphatic heterocycles. The Hall–Kier alpha value is -2.89. The average molecular weight is 561 g/mol. The number of thiazole rings is 1. The summed E-state index contributed by atoms with van der Waals surface area (Å²) >= 11 is 1.64. The van der Waals surface area contributed by atoms with Crippen molar-refractivity contribution in [1.29, 1.82) is 0 Å². The van der Waals surface area contributed by atoms with Crippen molar-refractivity contribution in [3.63, 3.8) is 0 Å². The number of carbonyl (C=O) groups is 1. The van der Waals surface area contributed by atoms with Crippen LogP contribution >= 0.6 is 11.3 Å². The maximum absolute atomic E-state index is 13.1. The molecule has 1 unspecified atom stereocenters. The largest absolute Gasteiger partial charge is 0.447 e. The minimum atomic E-state index is -1.40. The summed E-state index contributed by atoms with van der Waals surface area (Å²) in [4.78, 5) is 18.3. The summed E-state index contributed by atoms with van der Waals surface area (Å²) in [5.74, 6) is 0.795. The number of hydrogen-bond acceptors (Lipinski definition) is 8. The van der Waals surface area contributed by atoms with E-state index in [2.05, 4.69) is 15.4 Å². The summed E-state index contributed by atoms with van der Waals surface area (Å²) in [6.45, 7) is 8.18. The molecule has 7 N–H and O–H groups in total. The van der Waals surface area contributed by atoms with Crippen molar-refractivity contribution < 1.29 is 13.7 Å². The zero-order valence-electron chi connectivity index (χ0n) is 22.6. The molecule has 38 heavy (non-hydrogen) atoms. The smallest absolute Gasteiger partial charge is 0.407 e. The Balaban J connectivity index is 1.75. The van der Waals surface area contributed by atoms with Gasteiger partial charge in [-0.15, -0.1) is 11.3 Å². The van der Waals surface area contributed by atoms with E-state index < -0.39 is 11.0 Å². The van der Waals surface area contributed by atoms with Crippen molar-refractivity contribution in [2.45, 2.75) is 82.8 Å². The van der Waals surface area contributed by atoms with Crippen LogP contribution in [0.3, 0.4) is 0 Å². The van der Waals surface area contributed by atoms with Gasteiger partial charge >= 0.3 is 6.09 Å². The molecule has 1 aromatic heterocycles. The Labute approximate surface area is 232 Å². The number of benzene rings is 1. The molecule has 208 valence electrons. The standard InChI is InChI=1S/C27H40N6O3S2/c1-5-18(15-28)13-25(29)32-21-11-12-22(24(14-21)38(35)31-6-2)23-16-30-26(37-23)19-7-9-20(10-8-19)33-27(34)36-17(3)4/h11-17,19-20,31-32H,5-10,28-29H2,1-4H3,(H,33,34)/b18-15-,25-13+. The SMILES string of the molecule is CCNS(=O)c1cc(N/C(N)=C/C(=C\N)CC)ccc1-c1cnc(C2CCC(NC(=O)OC(C)C)CC2)s1. The summed E-state index contributed by atoms with van der Waals surface area (Å²) in [5, 5.41) is 7.21. The Morgan fingerprint density at radius 2 is 2.00 bits per heavy atom. The van der Waals surface area contributed by atoms with E-state index in [9.17, 15) is 9.00 Å². The molecule has 0 bridgehead atoms. The first kappa shape index (κ1) is 29.7. The average Bonchev–Trinajstić information content (AvgIpc) is 3.37. The molecule has 9 nitrogen and oxygen atoms in total. The molecule has 1 aliphatic rings. The van der Waals surface area contributed by atoms with E-state index in [0.29, 0.717) is 23.2 Å². The number of carbonyl (C=O) groups excluding carboxylic acids is 1. The summed E-state index contributed by atoms with van der Waals surface area (Å²) in [7, 11) is -1.40. The number of hydrogen-bond donors (Lipinski definition) is 5. The molecule has 1 atom stereocenters. The van der Waals surface area contributed by atoms with E-state index in [-0.39, 0.29) is 18.2 Å². The van der Waals surface area contributed by atoms with Crippen molar-refractivity contribution in [2.24, 2.45) is 11.5 Å². The van der Waals surface area contributed by atoms with Crippen molar-refractivity contribution in [3.05, 3.63) is 53.1 Å². The Kier molecular flexibility index (Phi) is 11.2. The highest BCUT2D eigenvalue weighted by Gasteiger charge is 2.26. The molecule has 3 rings (SSSR count). The molecule has 1 saturated carbocycles. The highest BCUT2D eigenvalue weighted by atomic mass is 32.2. The van der Waals surface area contributed by atoms with Gasteiger partial charge in [0.05, 0.1) is 20.9 Å². The normalized spacial score (nSPS) is 19.3. The zero-order chi connectivity index (χ0) is 27.7. The molecule has 1 aliphatic carbocycles. The van der Waals surface area contributed by atoms with Crippen molar-refractivity contribution in [2.75, 3.05) is 11.9 Å². The molecule has 0 spiro atoms. The maximum Gasteiger partial charge on any atom is 0.407 e. The first-order valence-corrected chi connectivity index (χ1v) is 15.1. The van der Waals surface area contributed by atoms with Crippen molar-refractivity contribution >= 4 is 34.1 Å². The minimum absolute atomic E-state index is 0.126. The first-order chi connectivity index (χ1) is 18.2. The molecule has 11 heteroatoms. The number of anilines is 1. The molecule has 1 heterocycles. The van der Waals surface area contributed by atoms with Crippen LogP contribution in [0.15, 0.2) is 53.0 Å². The number of amides is 1. The number of nitrogens with two attached hydrogens (primary N) is 2. The van der Waals surface area contributed by atoms with E-state index in [4.69, 9.17) is 21.2 Å². The van der Waals surface area contributed by atoms with Crippen LogP contribution in [-0.2, 0) is 15.7 Å². The van der Waals surface area contributed by atoms with Gasteiger partial charge in [0.25, 0.3) is 0 Å². The second kappa shape index (κ2) is 14.3. The summed E-state index contributed by atoms with van der Waals surface area (Å²) in [5.41, 5.74) is 14.3. The van der Waals surface area contributed by atoms with Gasteiger partial charge in [0.1, 0.15) is 16.8 Å². The number of ether oxygens (including phenoxy) is 1. The van der Waals surface area contributed by atoms with Gasteiger partial charge < -0.3 is 26.8 Å². The lowest BCUT2D eigenvalue weighted by molar-refractivity contribution is 0.109. The molecular formula is C27H40N6O3S2. The first-order valence-electron chi connectivity index (χ1n) is 13.1. The Morgan fingerprint density at radius 1 is 1.26 bits per heavy atom. The lowest BCUT2D eigenvalue weighted by atomic mass is 9.86. The van der Waals surface area contributed by atoms with E-state index in [1.807, 2.05) is 52.1 Å². The van der Waals surface area contributed by atoms with E-state index >= 15 is 0 Å². The third kappa shape index (κ3) is 8.31. The second-order valence-electron chi connectivity index (χ2n) is 9.51. The van der Waals surface area contributed by atoms with Crippen LogP contribution in [0.1, 0.15) is 70.7 Å². The third-order valence-electron chi connectivity index (χ3n) is 6.24. The van der Waals surface area contributed by atoms with Gasteiger partial charge in [-0.3, -0.25) is 0 Å². The van der Waals surface area contributed by atoms with Gasteiger partial charge in [0.15, 0.2) is 0 Å². The van der Waals surface area contributed by atoms with Crippen LogP contribution in [0.4, 0.5) is 10.5 Å². The number of allylic oxidation sites excluding steroid dienone is 2. The summed E-state index contributed by atoms with van der Waals surface area (Å²) in [6.07, 6.45) is 9.15. The predicted octanol–water partition coefficient (Wildman–Crippen LogP) is 5.07. The number of nitrogens with one attached hydrogen (secondary N) is 3. The minimum Gasteiger partial charge on any atom is -0.447 e. The quantitative estimate of drug-likeness (QED) is 0.241. The third-order valence-corrected chi connectivity index (χ3v) is 8.72. The van der Waals surface area contributed by atoms with E-state index in [1.165, 1.54) is 6.20 Å². The van der Waals surface area contributed by atoms with Gasteiger partial charge in [-0.05, 0) is 75.9 Å². The number of aromatic nitrogens is 1. The summed E-state index contributed by atoms with van der Waals surface area (Å²) in [6, 6.07) is 5.87. The fourth-order valence-corrected chi connectivity index (χ4v) is 6.56. The van der Waals surface area contributed by atoms with Gasteiger partial charge in [0.2, 0.25) is 0 Å². The van der Waals surface area contributed by atoms with Crippen LogP contribution in [0.2, 0.25) is 0 Å². The van der Waals surface area contributed by atoms with Crippen LogP contribution in [0.5, 0.6) is 0 Å². The molecule has 1 aromatic carbocycles. The second-order valence-corrected chi connectivity index (χ2v) is 11.8. The number of alkyl carbamates (subject to hydrolysis) is 1. The zero-order valence-corrected chi connectivity index (χ0v) is 24.2. The fraction of sp³-hybridized carbons (Fsp3) is 0.481. The van der Waals surface area contributed by atoms with Gasteiger partial charge in [-0.2, -0.15) is 0 Å². The van der Waals surface area contributed by atoms with Gasteiger partial charge in [-0.1, -0.05) is 19.9 Å². The lowest BCUT2D eigenvalue weighted by Gasteiger charge is -2.28. The molecule has 1 fully saturated rings. The van der Waals surface area contributed by atoms with Gasteiger partial charge in [0, 0.05) is 36.0 Å². The van der Waals surface area contributed by atoms with Crippen molar-refractivity contribution in [1.82, 2.24) is 15.0 Å². The Morgan fingerprint density at radius 3 is 2.63 bits per heavy atom. The molecule has 0 radical (unpaired) electrons. The van der Waals surface area contributed by atoms with E-state index in [1.54, 1.807) is 17.4 Å². The fourth-order valence-electron chi connectivity index (χ4n) is 4.34. The molecular weight excluding hydrogens is 520 g/mol. The predicted molar refractivity (Wildman–Crippen MR) is 156 cm³/mol. The number of rotatable bonds is 11. The van der Waals surface area contributed by atoms with Gasteiger partial charge in [-0.25, -0.2) is 18.7 Å². The Bertz CT molecular complexity index is 1170. The van der Waals surface area contributed by atoms with E-state index in [0.717, 1.165) is 58.8 Å². The summed E-state index contributed by atoms with van der Waals surface area (Å²) < 4.78 is 21.3. The maximum atomic E-state index is 13.1. The van der Waals surface area contributed by atoms with Crippen molar-refractivity contribution in [3.8, 4) is 10.4 Å². The van der Waals surface area contributed by atoms with Crippen LogP contribution < -0.4 is 26.8 Å². The molecule has 2 aromatic rings. The number of nitrogens with zero attached hydrogens (tertiary/aromatic N) is 1. The van der Waals surface area contributed by atoms with Crippen LogP contribution in [-0.4, -0.2) is 34.0 Å². The topological polar surface area (TPSA) is 144 Å². The van der Waals surface area contributed by atoms with Crippen LogP contribution in [0, 0.1) is 0 Å². The molecule has 0 saturated heterocycles. The monoisotopic (exact) mass is 560 g/mol. The van der Waals surface area contributed by atoms with Crippen LogP contribution in [0.25, 0.3) is 10.4 Å².